The van der Waals surface area contributed by atoms with E-state index < -0.39 is 17.5 Å². The first-order valence-electron chi connectivity index (χ1n) is 12.8. The standard InChI is InChI=1S/C25H29F2N7O2.C2H6.2H2/c1-14-11-34-13-17(22(36-5)20(27)23(34)29-14)30-24(35)19-16(26)10-18(15-12-32(4)31-21(15)19)33-8-6-25(2,28-3)7-9-33;1-2;;/h10-13,28H,6-9H2,1-5H3,(H,30,35);1-2H3;2*1H. The molecule has 0 aliphatic carbocycles. The summed E-state index contributed by atoms with van der Waals surface area (Å²) in [5.74, 6) is -2.36. The lowest BCUT2D eigenvalue weighted by Gasteiger charge is -2.40. The van der Waals surface area contributed by atoms with E-state index in [9.17, 15) is 4.79 Å². The van der Waals surface area contributed by atoms with Crippen molar-refractivity contribution in [1.82, 2.24) is 24.5 Å². The molecule has 0 bridgehead atoms. The number of benzene rings is 1. The van der Waals surface area contributed by atoms with E-state index in [1.165, 1.54) is 23.8 Å². The number of nitrogens with zero attached hydrogens (tertiary/aromatic N) is 5. The average molecular weight is 532 g/mol. The maximum absolute atomic E-state index is 15.6. The van der Waals surface area contributed by atoms with E-state index in [1.54, 1.807) is 31.0 Å². The smallest absolute Gasteiger partial charge is 0.261 e. The monoisotopic (exact) mass is 531 g/mol. The van der Waals surface area contributed by atoms with Gasteiger partial charge < -0.3 is 24.7 Å². The van der Waals surface area contributed by atoms with E-state index in [0.29, 0.717) is 16.8 Å². The Morgan fingerprint density at radius 1 is 1.18 bits per heavy atom. The summed E-state index contributed by atoms with van der Waals surface area (Å²) in [6, 6.07) is 1.39. The summed E-state index contributed by atoms with van der Waals surface area (Å²) in [6.07, 6.45) is 6.70. The minimum atomic E-state index is -0.752. The number of rotatable bonds is 5. The molecule has 0 saturated carbocycles. The van der Waals surface area contributed by atoms with Gasteiger partial charge in [0.2, 0.25) is 5.82 Å². The molecule has 0 atom stereocenters. The number of pyridine rings is 1. The number of methoxy groups -OCH3 is 1. The number of aromatic nitrogens is 4. The van der Waals surface area contributed by atoms with E-state index in [0.717, 1.165) is 25.9 Å². The molecular weight excluding hydrogens is 492 g/mol. The molecule has 3 aromatic heterocycles. The average Bonchev–Trinajstić information content (AvgIpc) is 3.47. The molecule has 1 aromatic carbocycles. The molecule has 38 heavy (non-hydrogen) atoms. The van der Waals surface area contributed by atoms with Crippen LogP contribution in [0.4, 0.5) is 20.2 Å². The number of imidazole rings is 1. The number of nitrogens with one attached hydrogen (secondary N) is 2. The van der Waals surface area contributed by atoms with Crippen molar-refractivity contribution in [3.63, 3.8) is 0 Å². The van der Waals surface area contributed by atoms with Gasteiger partial charge in [-0.2, -0.15) is 9.49 Å². The molecule has 11 heteroatoms. The molecule has 0 unspecified atom stereocenters. The van der Waals surface area contributed by atoms with E-state index in [1.807, 2.05) is 20.9 Å². The van der Waals surface area contributed by atoms with Gasteiger partial charge in [0.05, 0.1) is 18.5 Å². The van der Waals surface area contributed by atoms with Crippen LogP contribution in [0.2, 0.25) is 0 Å². The van der Waals surface area contributed by atoms with E-state index in [2.05, 4.69) is 32.5 Å². The lowest BCUT2D eigenvalue weighted by molar-refractivity contribution is 0.102. The molecule has 5 rings (SSSR count). The first-order chi connectivity index (χ1) is 18.1. The number of halogens is 2. The Morgan fingerprint density at radius 3 is 2.50 bits per heavy atom. The second kappa shape index (κ2) is 10.6. The van der Waals surface area contributed by atoms with Crippen LogP contribution in [0, 0.1) is 18.6 Å². The third-order valence-electron chi connectivity index (χ3n) is 7.10. The lowest BCUT2D eigenvalue weighted by Crippen LogP contribution is -2.50. The van der Waals surface area contributed by atoms with E-state index in [4.69, 9.17) is 4.74 Å². The van der Waals surface area contributed by atoms with Crippen molar-refractivity contribution in [3.8, 4) is 5.75 Å². The highest BCUT2D eigenvalue weighted by atomic mass is 19.1. The van der Waals surface area contributed by atoms with E-state index in [-0.39, 0.29) is 36.6 Å². The molecule has 1 aliphatic heterocycles. The molecule has 4 aromatic rings. The third kappa shape index (κ3) is 4.78. The molecule has 2 N–H and O–H groups in total. The highest BCUT2D eigenvalue weighted by Gasteiger charge is 2.31. The largest absolute Gasteiger partial charge is 0.491 e. The van der Waals surface area contributed by atoms with Crippen LogP contribution in [0.15, 0.2) is 24.7 Å². The normalized spacial score (nSPS) is 14.9. The second-order valence-corrected chi connectivity index (χ2v) is 9.57. The number of amides is 1. The fraction of sp³-hybridized carbons (Fsp3) is 0.444. The number of piperidine rings is 1. The third-order valence-corrected chi connectivity index (χ3v) is 7.10. The summed E-state index contributed by atoms with van der Waals surface area (Å²) in [6.45, 7) is 9.39. The molecule has 0 radical (unpaired) electrons. The molecule has 208 valence electrons. The molecule has 9 nitrogen and oxygen atoms in total. The zero-order chi connectivity index (χ0) is 27.8. The van der Waals surface area contributed by atoms with Gasteiger partial charge in [-0.15, -0.1) is 0 Å². The number of carbonyl (C=O) groups is 1. The summed E-state index contributed by atoms with van der Waals surface area (Å²) in [7, 11) is 4.98. The fourth-order valence-corrected chi connectivity index (χ4v) is 4.88. The SMILES string of the molecule is CC.CNC1(C)CCN(c2cc(F)c(C(=O)Nc3cn4cc(C)nc4c(F)c3OC)c3nn(C)cc23)CC1.[HH].[HH]. The number of anilines is 2. The van der Waals surface area contributed by atoms with Crippen LogP contribution in [-0.4, -0.2) is 57.9 Å². The van der Waals surface area contributed by atoms with Gasteiger partial charge in [0.15, 0.2) is 11.4 Å². The van der Waals surface area contributed by atoms with Crippen LogP contribution in [0.5, 0.6) is 5.75 Å². The van der Waals surface area contributed by atoms with Crippen molar-refractivity contribution in [2.45, 2.75) is 46.1 Å². The molecule has 4 heterocycles. The summed E-state index contributed by atoms with van der Waals surface area (Å²) >= 11 is 0. The second-order valence-electron chi connectivity index (χ2n) is 9.57. The molecule has 1 fully saturated rings. The molecular formula is C27H39F2N7O2. The van der Waals surface area contributed by atoms with Gasteiger partial charge in [-0.25, -0.2) is 9.37 Å². The number of aryl methyl sites for hydroxylation is 2. The maximum Gasteiger partial charge on any atom is 0.261 e. The highest BCUT2D eigenvalue weighted by Crippen LogP contribution is 2.36. The summed E-state index contributed by atoms with van der Waals surface area (Å²) in [4.78, 5) is 19.6. The van der Waals surface area contributed by atoms with Crippen LogP contribution in [-0.2, 0) is 7.05 Å². The zero-order valence-corrected chi connectivity index (χ0v) is 22.9. The Bertz CT molecular complexity index is 1500. The van der Waals surface area contributed by atoms with E-state index >= 15 is 8.78 Å². The topological polar surface area (TPSA) is 88.7 Å². The summed E-state index contributed by atoms with van der Waals surface area (Å²) < 4.78 is 38.8. The Morgan fingerprint density at radius 2 is 1.87 bits per heavy atom. The minimum absolute atomic E-state index is 0. The number of ether oxygens (including phenoxy) is 1. The maximum atomic E-state index is 15.6. The van der Waals surface area contributed by atoms with Crippen molar-refractivity contribution in [1.29, 1.82) is 0 Å². The number of carbonyl (C=O) groups excluding carboxylic acids is 1. The van der Waals surface area contributed by atoms with Gasteiger partial charge in [0, 0.05) is 52.5 Å². The van der Waals surface area contributed by atoms with Crippen molar-refractivity contribution < 1.29 is 21.2 Å². The zero-order valence-electron chi connectivity index (χ0n) is 22.9. The number of fused-ring (bicyclic) bond motifs is 2. The lowest BCUT2D eigenvalue weighted by atomic mass is 9.89. The van der Waals surface area contributed by atoms with Gasteiger partial charge in [-0.1, -0.05) is 13.8 Å². The van der Waals surface area contributed by atoms with Gasteiger partial charge in [0.1, 0.15) is 22.6 Å². The Balaban J connectivity index is 0.00000137. The Hall–Kier alpha value is -3.73. The Labute approximate surface area is 223 Å². The summed E-state index contributed by atoms with van der Waals surface area (Å²) in [5, 5.41) is 11.1. The first-order valence-corrected chi connectivity index (χ1v) is 12.8. The van der Waals surface area contributed by atoms with Crippen LogP contribution >= 0.6 is 0 Å². The van der Waals surface area contributed by atoms with Gasteiger partial charge in [-0.05, 0) is 39.8 Å². The Kier molecular flexibility index (Phi) is 7.59. The van der Waals surface area contributed by atoms with Crippen molar-refractivity contribution in [3.05, 3.63) is 47.5 Å². The molecule has 1 saturated heterocycles. The summed E-state index contributed by atoms with van der Waals surface area (Å²) in [5.41, 5.74) is 1.49. The van der Waals surface area contributed by atoms with Crippen molar-refractivity contribution >= 4 is 33.8 Å². The highest BCUT2D eigenvalue weighted by molar-refractivity contribution is 6.14. The van der Waals surface area contributed by atoms with Crippen LogP contribution < -0.4 is 20.3 Å². The number of hydrogen-bond donors (Lipinski definition) is 2. The number of hydrogen-bond acceptors (Lipinski definition) is 6. The van der Waals surface area contributed by atoms with Crippen LogP contribution in [0.3, 0.4) is 0 Å². The van der Waals surface area contributed by atoms with Gasteiger partial charge in [-0.3, -0.25) is 9.48 Å². The predicted octanol–water partition coefficient (Wildman–Crippen LogP) is 5.17. The predicted molar refractivity (Wildman–Crippen MR) is 150 cm³/mol. The first kappa shape index (κ1) is 27.3. The quantitative estimate of drug-likeness (QED) is 0.370. The minimum Gasteiger partial charge on any atom is -0.491 e. The molecule has 1 aliphatic rings. The fourth-order valence-electron chi connectivity index (χ4n) is 4.88. The van der Waals surface area contributed by atoms with Crippen LogP contribution in [0.25, 0.3) is 16.6 Å². The van der Waals surface area contributed by atoms with Crippen LogP contribution in [0.1, 0.15) is 52.5 Å². The van der Waals surface area contributed by atoms with Crippen molar-refractivity contribution in [2.24, 2.45) is 7.05 Å². The van der Waals surface area contributed by atoms with Gasteiger partial charge in [0.25, 0.3) is 5.91 Å². The van der Waals surface area contributed by atoms with Crippen molar-refractivity contribution in [2.75, 3.05) is 37.5 Å². The molecule has 0 spiro atoms. The van der Waals surface area contributed by atoms with Gasteiger partial charge >= 0.3 is 0 Å². The molecule has 1 amide bonds.